The SMILES string of the molecule is CC(C)(C)[C@@H](N)c1ccc2c(c1)OCO2.CN(C)S(=O)(=O)c1cccc(N)c1O. The van der Waals surface area contributed by atoms with E-state index in [0.29, 0.717) is 6.79 Å². The first kappa shape index (κ1) is 22.8. The van der Waals surface area contributed by atoms with Crippen LogP contribution in [-0.2, 0) is 10.0 Å². The Labute approximate surface area is 172 Å². The summed E-state index contributed by atoms with van der Waals surface area (Å²) in [5.74, 6) is 1.20. The minimum atomic E-state index is -3.63. The summed E-state index contributed by atoms with van der Waals surface area (Å²) in [7, 11) is -0.853. The van der Waals surface area contributed by atoms with Gasteiger partial charge in [-0.1, -0.05) is 32.9 Å². The minimum Gasteiger partial charge on any atom is -0.504 e. The van der Waals surface area contributed by atoms with E-state index < -0.39 is 15.8 Å². The lowest BCUT2D eigenvalue weighted by atomic mass is 9.83. The van der Waals surface area contributed by atoms with E-state index in [1.165, 1.54) is 32.3 Å². The summed E-state index contributed by atoms with van der Waals surface area (Å²) >= 11 is 0. The average Bonchev–Trinajstić information content (AvgIpc) is 3.10. The zero-order valence-electron chi connectivity index (χ0n) is 17.3. The molecule has 1 aliphatic rings. The Bertz CT molecular complexity index is 969. The van der Waals surface area contributed by atoms with Gasteiger partial charge in [0.05, 0.1) is 5.69 Å². The smallest absolute Gasteiger partial charge is 0.246 e. The van der Waals surface area contributed by atoms with Crippen molar-refractivity contribution in [2.24, 2.45) is 11.1 Å². The summed E-state index contributed by atoms with van der Waals surface area (Å²) in [4.78, 5) is -0.178. The molecule has 0 saturated carbocycles. The van der Waals surface area contributed by atoms with Gasteiger partial charge in [-0.05, 0) is 35.2 Å². The van der Waals surface area contributed by atoms with Crippen molar-refractivity contribution in [3.63, 3.8) is 0 Å². The normalized spacial score (nSPS) is 14.3. The summed E-state index contributed by atoms with van der Waals surface area (Å²) < 4.78 is 34.8. The molecule has 3 rings (SSSR count). The van der Waals surface area contributed by atoms with Gasteiger partial charge in [-0.25, -0.2) is 12.7 Å². The van der Waals surface area contributed by atoms with Crippen LogP contribution in [0.2, 0.25) is 0 Å². The lowest BCUT2D eigenvalue weighted by Gasteiger charge is -2.27. The number of rotatable bonds is 3. The number of anilines is 1. The number of fused-ring (bicyclic) bond motifs is 1. The van der Waals surface area contributed by atoms with Gasteiger partial charge in [0.25, 0.3) is 0 Å². The van der Waals surface area contributed by atoms with Gasteiger partial charge >= 0.3 is 0 Å². The molecule has 5 N–H and O–H groups in total. The Balaban J connectivity index is 0.000000208. The molecular weight excluding hydrogens is 394 g/mol. The van der Waals surface area contributed by atoms with Crippen LogP contribution in [0.15, 0.2) is 41.3 Å². The molecular formula is C20H29N3O5S. The minimum absolute atomic E-state index is 0.00648. The maximum absolute atomic E-state index is 11.6. The molecule has 1 heterocycles. The second-order valence-electron chi connectivity index (χ2n) is 7.94. The zero-order valence-corrected chi connectivity index (χ0v) is 18.2. The molecule has 29 heavy (non-hydrogen) atoms. The molecule has 0 radical (unpaired) electrons. The Morgan fingerprint density at radius 1 is 1.10 bits per heavy atom. The molecule has 0 aromatic heterocycles. The van der Waals surface area contributed by atoms with Gasteiger partial charge in [-0.15, -0.1) is 0 Å². The summed E-state index contributed by atoms with van der Waals surface area (Å²) in [6, 6.07) is 10.1. The third-order valence-corrected chi connectivity index (χ3v) is 6.32. The highest BCUT2D eigenvalue weighted by Gasteiger charge is 2.24. The van der Waals surface area contributed by atoms with E-state index in [-0.39, 0.29) is 22.0 Å². The summed E-state index contributed by atoms with van der Waals surface area (Å²) in [5.41, 5.74) is 12.7. The van der Waals surface area contributed by atoms with Crippen molar-refractivity contribution in [1.82, 2.24) is 4.31 Å². The second-order valence-corrected chi connectivity index (χ2v) is 10.1. The van der Waals surface area contributed by atoms with Crippen LogP contribution < -0.4 is 20.9 Å². The molecule has 160 valence electrons. The molecule has 0 amide bonds. The number of ether oxygens (including phenoxy) is 2. The number of sulfonamides is 1. The molecule has 0 aliphatic carbocycles. The average molecular weight is 424 g/mol. The number of aromatic hydroxyl groups is 1. The van der Waals surface area contributed by atoms with E-state index in [1.807, 2.05) is 18.2 Å². The molecule has 9 heteroatoms. The first-order valence-corrected chi connectivity index (χ1v) is 10.4. The number of hydrogen-bond acceptors (Lipinski definition) is 7. The highest BCUT2D eigenvalue weighted by atomic mass is 32.2. The van der Waals surface area contributed by atoms with Gasteiger partial charge in [0.15, 0.2) is 17.2 Å². The fourth-order valence-electron chi connectivity index (χ4n) is 2.55. The molecule has 1 atom stereocenters. The molecule has 8 nitrogen and oxygen atoms in total. The number of benzene rings is 2. The quantitative estimate of drug-likeness (QED) is 0.511. The summed E-state index contributed by atoms with van der Waals surface area (Å²) in [6.45, 7) is 6.69. The highest BCUT2D eigenvalue weighted by molar-refractivity contribution is 7.89. The van der Waals surface area contributed by atoms with Crippen molar-refractivity contribution >= 4 is 15.7 Å². The van der Waals surface area contributed by atoms with Crippen molar-refractivity contribution < 1.29 is 23.0 Å². The second kappa shape index (κ2) is 8.48. The number of para-hydroxylation sites is 1. The number of phenols is 1. The maximum Gasteiger partial charge on any atom is 0.246 e. The summed E-state index contributed by atoms with van der Waals surface area (Å²) in [5, 5.41) is 9.45. The van der Waals surface area contributed by atoms with Crippen LogP contribution in [0.5, 0.6) is 17.2 Å². The van der Waals surface area contributed by atoms with Crippen LogP contribution in [0.1, 0.15) is 32.4 Å². The zero-order chi connectivity index (χ0) is 22.0. The Morgan fingerprint density at radius 2 is 1.72 bits per heavy atom. The summed E-state index contributed by atoms with van der Waals surface area (Å²) in [6.07, 6.45) is 0. The highest BCUT2D eigenvalue weighted by Crippen LogP contribution is 2.37. The van der Waals surface area contributed by atoms with Gasteiger partial charge in [0.2, 0.25) is 16.8 Å². The Morgan fingerprint density at radius 3 is 2.31 bits per heavy atom. The Hall–Kier alpha value is -2.49. The Kier molecular flexibility index (Phi) is 6.67. The van der Waals surface area contributed by atoms with Crippen LogP contribution in [0.25, 0.3) is 0 Å². The molecule has 0 bridgehead atoms. The van der Waals surface area contributed by atoms with E-state index in [1.54, 1.807) is 0 Å². The van der Waals surface area contributed by atoms with Crippen LogP contribution in [0.3, 0.4) is 0 Å². The third kappa shape index (κ3) is 5.11. The first-order valence-electron chi connectivity index (χ1n) is 9.01. The molecule has 2 aromatic rings. The van der Waals surface area contributed by atoms with Crippen LogP contribution in [0, 0.1) is 5.41 Å². The number of nitrogen functional groups attached to an aromatic ring is 1. The fraction of sp³-hybridized carbons (Fsp3) is 0.400. The molecule has 0 spiro atoms. The van der Waals surface area contributed by atoms with E-state index in [0.717, 1.165) is 21.4 Å². The number of phenolic OH excluding ortho intramolecular Hbond substituents is 1. The van der Waals surface area contributed by atoms with E-state index in [4.69, 9.17) is 20.9 Å². The van der Waals surface area contributed by atoms with Gasteiger partial charge in [-0.3, -0.25) is 0 Å². The van der Waals surface area contributed by atoms with Crippen molar-refractivity contribution in [2.45, 2.75) is 31.7 Å². The lowest BCUT2D eigenvalue weighted by Crippen LogP contribution is -2.26. The lowest BCUT2D eigenvalue weighted by molar-refractivity contribution is 0.174. The van der Waals surface area contributed by atoms with Gasteiger partial charge in [-0.2, -0.15) is 0 Å². The number of hydrogen-bond donors (Lipinski definition) is 3. The van der Waals surface area contributed by atoms with E-state index in [9.17, 15) is 13.5 Å². The molecule has 1 aliphatic heterocycles. The predicted molar refractivity (Wildman–Crippen MR) is 112 cm³/mol. The van der Waals surface area contributed by atoms with Crippen molar-refractivity contribution in [1.29, 1.82) is 0 Å². The van der Waals surface area contributed by atoms with Crippen molar-refractivity contribution in [2.75, 3.05) is 26.6 Å². The van der Waals surface area contributed by atoms with Crippen LogP contribution in [0.4, 0.5) is 5.69 Å². The molecule has 0 fully saturated rings. The molecule has 0 unspecified atom stereocenters. The largest absolute Gasteiger partial charge is 0.504 e. The van der Waals surface area contributed by atoms with Crippen molar-refractivity contribution in [3.8, 4) is 17.2 Å². The number of nitrogens with two attached hydrogens (primary N) is 2. The standard InChI is InChI=1S/C12H17NO2.C8H12N2O3S/c1-12(2,3)11(13)8-4-5-9-10(6-8)15-7-14-9;1-10(2)14(12,13)7-5-3-4-6(9)8(7)11/h4-6,11H,7,13H2,1-3H3;3-5,11H,9H2,1-2H3/t11-;/m0./s1. The van der Waals surface area contributed by atoms with Gasteiger partial charge in [0.1, 0.15) is 4.90 Å². The molecule has 2 aromatic carbocycles. The predicted octanol–water partition coefficient (Wildman–Crippen LogP) is 2.69. The van der Waals surface area contributed by atoms with Crippen LogP contribution >= 0.6 is 0 Å². The molecule has 0 saturated heterocycles. The monoisotopic (exact) mass is 423 g/mol. The van der Waals surface area contributed by atoms with Gasteiger partial charge in [0, 0.05) is 20.1 Å². The maximum atomic E-state index is 11.6. The third-order valence-electron chi connectivity index (χ3n) is 4.48. The van der Waals surface area contributed by atoms with E-state index >= 15 is 0 Å². The number of nitrogens with zero attached hydrogens (tertiary/aromatic N) is 1. The topological polar surface area (TPSA) is 128 Å². The first-order chi connectivity index (χ1) is 13.4. The van der Waals surface area contributed by atoms with E-state index in [2.05, 4.69) is 20.8 Å². The van der Waals surface area contributed by atoms with Crippen LogP contribution in [-0.4, -0.2) is 38.7 Å². The van der Waals surface area contributed by atoms with Gasteiger partial charge < -0.3 is 26.0 Å². The fourth-order valence-corrected chi connectivity index (χ4v) is 3.56. The van der Waals surface area contributed by atoms with Crippen molar-refractivity contribution in [3.05, 3.63) is 42.0 Å².